The Morgan fingerprint density at radius 2 is 1.76 bits per heavy atom. The highest BCUT2D eigenvalue weighted by molar-refractivity contribution is 6.44. The molecule has 0 atom stereocenters. The Morgan fingerprint density at radius 1 is 1.04 bits per heavy atom. The normalized spacial score (nSPS) is 9.60. The second-order valence-corrected chi connectivity index (χ2v) is 4.87. The molecule has 0 saturated carbocycles. The van der Waals surface area contributed by atoms with Crippen LogP contribution in [0.5, 0.6) is 0 Å². The molecule has 0 bridgehead atoms. The molecule has 2 aromatic carbocycles. The lowest BCUT2D eigenvalue weighted by atomic mass is 10.1. The monoisotopic (exact) mass is 337 g/mol. The summed E-state index contributed by atoms with van der Waals surface area (Å²) in [6, 6.07) is 14.3. The number of nitrogens with zero attached hydrogens (tertiary/aromatic N) is 1. The van der Waals surface area contributed by atoms with Gasteiger partial charge >= 0.3 is 17.8 Å². The summed E-state index contributed by atoms with van der Waals surface area (Å²) < 4.78 is 4.91. The van der Waals surface area contributed by atoms with Crippen LogP contribution in [0, 0.1) is 11.3 Å². The van der Waals surface area contributed by atoms with Gasteiger partial charge in [0.25, 0.3) is 0 Å². The maximum atomic E-state index is 12.1. The van der Waals surface area contributed by atoms with Crippen molar-refractivity contribution in [1.82, 2.24) is 0 Å². The zero-order valence-corrected chi connectivity index (χ0v) is 13.4. The van der Waals surface area contributed by atoms with Crippen molar-refractivity contribution < 1.29 is 19.1 Å². The van der Waals surface area contributed by atoms with Crippen molar-refractivity contribution >= 4 is 29.2 Å². The third-order valence-corrected chi connectivity index (χ3v) is 3.13. The maximum Gasteiger partial charge on any atom is 0.340 e. The minimum atomic E-state index is -0.945. The highest BCUT2D eigenvalue weighted by Gasteiger charge is 2.18. The third-order valence-electron chi connectivity index (χ3n) is 3.13. The van der Waals surface area contributed by atoms with E-state index in [0.717, 1.165) is 0 Å². The standard InChI is InChI=1S/C18H15N3O4/c1-2-25-18(24)14-8-3-4-9-15(14)21-17(23)16(22)20-13-7-5-6-12(10-13)11-19/h3-10H,2H2,1H3,(H,20,22)(H,21,23). The number of hydrogen-bond acceptors (Lipinski definition) is 5. The van der Waals surface area contributed by atoms with Crippen LogP contribution in [-0.2, 0) is 14.3 Å². The molecule has 0 heterocycles. The second kappa shape index (κ2) is 8.26. The smallest absolute Gasteiger partial charge is 0.340 e. The average molecular weight is 337 g/mol. The lowest BCUT2D eigenvalue weighted by Crippen LogP contribution is -2.29. The van der Waals surface area contributed by atoms with Crippen LogP contribution >= 0.6 is 0 Å². The van der Waals surface area contributed by atoms with E-state index in [1.54, 1.807) is 37.3 Å². The third kappa shape index (κ3) is 4.65. The average Bonchev–Trinajstić information content (AvgIpc) is 2.62. The molecule has 0 spiro atoms. The molecule has 2 N–H and O–H groups in total. The molecule has 0 aliphatic carbocycles. The molecule has 2 rings (SSSR count). The van der Waals surface area contributed by atoms with Gasteiger partial charge in [-0.3, -0.25) is 9.59 Å². The summed E-state index contributed by atoms with van der Waals surface area (Å²) in [4.78, 5) is 35.9. The molecule has 7 nitrogen and oxygen atoms in total. The van der Waals surface area contributed by atoms with E-state index in [1.165, 1.54) is 18.2 Å². The van der Waals surface area contributed by atoms with Crippen LogP contribution in [0.25, 0.3) is 0 Å². The van der Waals surface area contributed by atoms with Gasteiger partial charge in [-0.15, -0.1) is 0 Å². The van der Waals surface area contributed by atoms with Crippen molar-refractivity contribution in [2.75, 3.05) is 17.2 Å². The first-order chi connectivity index (χ1) is 12.0. The van der Waals surface area contributed by atoms with Crippen LogP contribution in [0.4, 0.5) is 11.4 Å². The number of nitrogens with one attached hydrogen (secondary N) is 2. The topological polar surface area (TPSA) is 108 Å². The number of carbonyl (C=O) groups excluding carboxylic acids is 3. The molecule has 0 aromatic heterocycles. The molecular weight excluding hydrogens is 322 g/mol. The Balaban J connectivity index is 2.10. The minimum Gasteiger partial charge on any atom is -0.462 e. The number of benzene rings is 2. The largest absolute Gasteiger partial charge is 0.462 e. The first kappa shape index (κ1) is 17.7. The van der Waals surface area contributed by atoms with E-state index in [1.807, 2.05) is 6.07 Å². The molecule has 25 heavy (non-hydrogen) atoms. The number of rotatable bonds is 4. The van der Waals surface area contributed by atoms with Gasteiger partial charge in [0.05, 0.1) is 29.5 Å². The van der Waals surface area contributed by atoms with Crippen LogP contribution < -0.4 is 10.6 Å². The van der Waals surface area contributed by atoms with Crippen LogP contribution in [0.3, 0.4) is 0 Å². The van der Waals surface area contributed by atoms with E-state index in [9.17, 15) is 14.4 Å². The van der Waals surface area contributed by atoms with E-state index in [2.05, 4.69) is 10.6 Å². The van der Waals surface area contributed by atoms with Gasteiger partial charge in [-0.05, 0) is 37.3 Å². The molecule has 0 saturated heterocycles. The van der Waals surface area contributed by atoms with Gasteiger partial charge in [0.15, 0.2) is 0 Å². The summed E-state index contributed by atoms with van der Waals surface area (Å²) in [6.45, 7) is 1.86. The fourth-order valence-electron chi connectivity index (χ4n) is 2.01. The molecular formula is C18H15N3O4. The summed E-state index contributed by atoms with van der Waals surface area (Å²) in [5.41, 5.74) is 0.993. The number of esters is 1. The minimum absolute atomic E-state index is 0.150. The van der Waals surface area contributed by atoms with Crippen molar-refractivity contribution in [2.24, 2.45) is 0 Å². The fraction of sp³-hybridized carbons (Fsp3) is 0.111. The number of carbonyl (C=O) groups is 3. The van der Waals surface area contributed by atoms with E-state index in [0.29, 0.717) is 11.3 Å². The van der Waals surface area contributed by atoms with Gasteiger partial charge in [-0.1, -0.05) is 18.2 Å². The Bertz CT molecular complexity index is 855. The lowest BCUT2D eigenvalue weighted by Gasteiger charge is -2.10. The zero-order valence-electron chi connectivity index (χ0n) is 13.4. The second-order valence-electron chi connectivity index (χ2n) is 4.87. The van der Waals surface area contributed by atoms with Gasteiger partial charge in [0.2, 0.25) is 0 Å². The van der Waals surface area contributed by atoms with Gasteiger partial charge in [0.1, 0.15) is 0 Å². The van der Waals surface area contributed by atoms with Crippen LogP contribution in [0.15, 0.2) is 48.5 Å². The highest BCUT2D eigenvalue weighted by atomic mass is 16.5. The molecule has 126 valence electrons. The predicted octanol–water partition coefficient (Wildman–Crippen LogP) is 2.31. The first-order valence-corrected chi connectivity index (χ1v) is 7.43. The molecule has 7 heteroatoms. The number of hydrogen-bond donors (Lipinski definition) is 2. The quantitative estimate of drug-likeness (QED) is 0.657. The number of nitriles is 1. The van der Waals surface area contributed by atoms with Gasteiger partial charge in [-0.2, -0.15) is 5.26 Å². The van der Waals surface area contributed by atoms with Crippen molar-refractivity contribution in [3.63, 3.8) is 0 Å². The van der Waals surface area contributed by atoms with E-state index in [-0.39, 0.29) is 17.9 Å². The Hall–Kier alpha value is -3.66. The first-order valence-electron chi connectivity index (χ1n) is 7.43. The van der Waals surface area contributed by atoms with Crippen LogP contribution in [0.1, 0.15) is 22.8 Å². The Labute approximate surface area is 144 Å². The van der Waals surface area contributed by atoms with E-state index in [4.69, 9.17) is 10.00 Å². The van der Waals surface area contributed by atoms with E-state index < -0.39 is 17.8 Å². The Morgan fingerprint density at radius 3 is 2.48 bits per heavy atom. The maximum absolute atomic E-state index is 12.1. The van der Waals surface area contributed by atoms with Crippen molar-refractivity contribution in [3.8, 4) is 6.07 Å². The number of ether oxygens (including phenoxy) is 1. The summed E-state index contributed by atoms with van der Waals surface area (Å²) in [6.07, 6.45) is 0. The van der Waals surface area contributed by atoms with Gasteiger partial charge in [-0.25, -0.2) is 4.79 Å². The molecule has 2 aromatic rings. The molecule has 0 unspecified atom stereocenters. The highest BCUT2D eigenvalue weighted by Crippen LogP contribution is 2.16. The zero-order chi connectivity index (χ0) is 18.2. The van der Waals surface area contributed by atoms with E-state index >= 15 is 0 Å². The molecule has 0 radical (unpaired) electrons. The van der Waals surface area contributed by atoms with Gasteiger partial charge < -0.3 is 15.4 Å². The number of amides is 2. The van der Waals surface area contributed by atoms with Crippen LogP contribution in [0.2, 0.25) is 0 Å². The summed E-state index contributed by atoms with van der Waals surface area (Å²) in [7, 11) is 0. The summed E-state index contributed by atoms with van der Waals surface area (Å²) in [5.74, 6) is -2.46. The number of anilines is 2. The molecule has 2 amide bonds. The van der Waals surface area contributed by atoms with Crippen LogP contribution in [-0.4, -0.2) is 24.4 Å². The molecule has 0 aliphatic rings. The number of para-hydroxylation sites is 1. The SMILES string of the molecule is CCOC(=O)c1ccccc1NC(=O)C(=O)Nc1cccc(C#N)c1. The summed E-state index contributed by atoms with van der Waals surface area (Å²) >= 11 is 0. The van der Waals surface area contributed by atoms with Crippen molar-refractivity contribution in [1.29, 1.82) is 5.26 Å². The summed E-state index contributed by atoms with van der Waals surface area (Å²) in [5, 5.41) is 13.6. The van der Waals surface area contributed by atoms with Gasteiger partial charge in [0, 0.05) is 5.69 Å². The molecule has 0 aliphatic heterocycles. The molecule has 0 fully saturated rings. The fourth-order valence-corrected chi connectivity index (χ4v) is 2.01. The van der Waals surface area contributed by atoms with Crippen molar-refractivity contribution in [3.05, 3.63) is 59.7 Å². The van der Waals surface area contributed by atoms with Crippen molar-refractivity contribution in [2.45, 2.75) is 6.92 Å². The predicted molar refractivity (Wildman–Crippen MR) is 90.8 cm³/mol. The Kier molecular flexibility index (Phi) is 5.85. The lowest BCUT2D eigenvalue weighted by molar-refractivity contribution is -0.133.